The minimum Gasteiger partial charge on any atom is -0.322 e. The van der Waals surface area contributed by atoms with E-state index in [1.807, 2.05) is 0 Å². The van der Waals surface area contributed by atoms with Crippen molar-refractivity contribution in [1.29, 1.82) is 0 Å². The molecule has 0 radical (unpaired) electrons. The molecule has 23 heavy (non-hydrogen) atoms. The van der Waals surface area contributed by atoms with E-state index in [1.54, 1.807) is 25.1 Å². The fourth-order valence-electron chi connectivity index (χ4n) is 2.25. The first-order valence-corrected chi connectivity index (χ1v) is 8.26. The molecule has 0 saturated carbocycles. The Labute approximate surface area is 131 Å². The van der Waals surface area contributed by atoms with Gasteiger partial charge in [0.25, 0.3) is 15.6 Å². The fourth-order valence-corrected chi connectivity index (χ4v) is 3.38. The summed E-state index contributed by atoms with van der Waals surface area (Å²) in [7, 11) is -4.03. The molecule has 3 aromatic rings. The zero-order valence-corrected chi connectivity index (χ0v) is 12.9. The van der Waals surface area contributed by atoms with Crippen molar-refractivity contribution in [1.82, 2.24) is 4.98 Å². The number of sulfonamides is 1. The number of halogens is 1. The van der Waals surface area contributed by atoms with Gasteiger partial charge in [-0.15, -0.1) is 0 Å². The van der Waals surface area contributed by atoms with E-state index in [9.17, 15) is 17.6 Å². The number of aromatic nitrogens is 1. The number of hydrogen-bond acceptors (Lipinski definition) is 3. The average molecular weight is 332 g/mol. The van der Waals surface area contributed by atoms with Crippen molar-refractivity contribution in [3.05, 3.63) is 70.3 Å². The second kappa shape index (κ2) is 5.51. The van der Waals surface area contributed by atoms with E-state index in [4.69, 9.17) is 0 Å². The molecule has 7 heteroatoms. The van der Waals surface area contributed by atoms with Crippen LogP contribution in [0.4, 0.5) is 10.1 Å². The van der Waals surface area contributed by atoms with E-state index in [0.29, 0.717) is 16.5 Å². The highest BCUT2D eigenvalue weighted by molar-refractivity contribution is 7.92. The number of anilines is 1. The first kappa shape index (κ1) is 15.2. The summed E-state index contributed by atoms with van der Waals surface area (Å²) in [5.41, 5.74) is 1.20. The highest BCUT2D eigenvalue weighted by Crippen LogP contribution is 2.21. The summed E-state index contributed by atoms with van der Waals surface area (Å²) in [6.07, 6.45) is 0. The Kier molecular flexibility index (Phi) is 3.65. The number of benzene rings is 2. The molecule has 0 aliphatic heterocycles. The topological polar surface area (TPSA) is 79.0 Å². The molecule has 0 aliphatic carbocycles. The van der Waals surface area contributed by atoms with Crippen molar-refractivity contribution >= 4 is 26.6 Å². The van der Waals surface area contributed by atoms with E-state index in [2.05, 4.69) is 9.71 Å². The Balaban J connectivity index is 2.03. The van der Waals surface area contributed by atoms with E-state index in [1.165, 1.54) is 24.3 Å². The van der Waals surface area contributed by atoms with E-state index in [-0.39, 0.29) is 11.2 Å². The van der Waals surface area contributed by atoms with Crippen molar-refractivity contribution in [3.8, 4) is 0 Å². The molecule has 2 N–H and O–H groups in total. The number of rotatable bonds is 3. The second-order valence-electron chi connectivity index (χ2n) is 5.12. The molecule has 0 spiro atoms. The lowest BCUT2D eigenvalue weighted by Crippen LogP contribution is -2.14. The van der Waals surface area contributed by atoms with Crippen molar-refractivity contribution in [2.75, 3.05) is 4.72 Å². The van der Waals surface area contributed by atoms with Gasteiger partial charge in [0, 0.05) is 22.2 Å². The Morgan fingerprint density at radius 1 is 1.09 bits per heavy atom. The minimum atomic E-state index is -4.03. The average Bonchev–Trinajstić information content (AvgIpc) is 2.48. The highest BCUT2D eigenvalue weighted by atomic mass is 32.2. The van der Waals surface area contributed by atoms with E-state index >= 15 is 0 Å². The van der Waals surface area contributed by atoms with Crippen LogP contribution in [0.15, 0.2) is 58.2 Å². The van der Waals surface area contributed by atoms with E-state index < -0.39 is 20.7 Å². The van der Waals surface area contributed by atoms with Crippen LogP contribution in [0.5, 0.6) is 0 Å². The van der Waals surface area contributed by atoms with Gasteiger partial charge >= 0.3 is 0 Å². The summed E-state index contributed by atoms with van der Waals surface area (Å²) < 4.78 is 40.6. The summed E-state index contributed by atoms with van der Waals surface area (Å²) in [5.74, 6) is -0.819. The van der Waals surface area contributed by atoms with Gasteiger partial charge in [0.1, 0.15) is 10.7 Å². The van der Waals surface area contributed by atoms with Crippen molar-refractivity contribution in [3.63, 3.8) is 0 Å². The Morgan fingerprint density at radius 3 is 2.57 bits per heavy atom. The number of aryl methyl sites for hydroxylation is 1. The van der Waals surface area contributed by atoms with Gasteiger partial charge < -0.3 is 4.98 Å². The number of nitrogens with one attached hydrogen (secondary N) is 2. The molecule has 0 saturated heterocycles. The van der Waals surface area contributed by atoms with E-state index in [0.717, 1.165) is 6.07 Å². The Hall–Kier alpha value is -2.67. The molecule has 3 rings (SSSR count). The van der Waals surface area contributed by atoms with Crippen LogP contribution in [0.25, 0.3) is 10.9 Å². The number of fused-ring (bicyclic) bond motifs is 1. The van der Waals surface area contributed by atoms with Gasteiger partial charge in [-0.25, -0.2) is 12.8 Å². The minimum absolute atomic E-state index is 0.197. The summed E-state index contributed by atoms with van der Waals surface area (Å²) in [6, 6.07) is 11.5. The SMILES string of the molecule is Cc1cc2cc(NS(=O)(=O)c3ccccc3F)ccc2[nH]c1=O. The molecule has 0 unspecified atom stereocenters. The molecular weight excluding hydrogens is 319 g/mol. The lowest BCUT2D eigenvalue weighted by molar-refractivity contribution is 0.570. The first-order valence-electron chi connectivity index (χ1n) is 6.78. The summed E-state index contributed by atoms with van der Waals surface area (Å²) in [6.45, 7) is 1.66. The van der Waals surface area contributed by atoms with Gasteiger partial charge in [-0.2, -0.15) is 0 Å². The van der Waals surface area contributed by atoms with Crippen LogP contribution in [-0.2, 0) is 10.0 Å². The smallest absolute Gasteiger partial charge is 0.264 e. The van der Waals surface area contributed by atoms with Gasteiger partial charge in [0.2, 0.25) is 0 Å². The third-order valence-electron chi connectivity index (χ3n) is 3.41. The molecule has 0 atom stereocenters. The molecule has 1 aromatic heterocycles. The zero-order chi connectivity index (χ0) is 16.6. The van der Waals surface area contributed by atoms with Crippen LogP contribution in [0, 0.1) is 12.7 Å². The molecular formula is C16H13FN2O3S. The van der Waals surface area contributed by atoms with Gasteiger partial charge in [0.15, 0.2) is 0 Å². The predicted octanol–water partition coefficient (Wildman–Crippen LogP) is 2.78. The third kappa shape index (κ3) is 2.95. The predicted molar refractivity (Wildman–Crippen MR) is 86.5 cm³/mol. The molecule has 0 bridgehead atoms. The highest BCUT2D eigenvalue weighted by Gasteiger charge is 2.18. The third-order valence-corrected chi connectivity index (χ3v) is 4.82. The van der Waals surface area contributed by atoms with Gasteiger partial charge in [-0.3, -0.25) is 9.52 Å². The molecule has 118 valence electrons. The number of H-pyrrole nitrogens is 1. The number of aromatic amines is 1. The zero-order valence-electron chi connectivity index (χ0n) is 12.1. The summed E-state index contributed by atoms with van der Waals surface area (Å²) in [5, 5.41) is 0.677. The molecule has 5 nitrogen and oxygen atoms in total. The number of hydrogen-bond donors (Lipinski definition) is 2. The molecule has 0 amide bonds. The van der Waals surface area contributed by atoms with Crippen molar-refractivity contribution in [2.45, 2.75) is 11.8 Å². The van der Waals surface area contributed by atoms with Gasteiger partial charge in [-0.1, -0.05) is 12.1 Å². The van der Waals surface area contributed by atoms with Gasteiger partial charge in [0.05, 0.1) is 0 Å². The molecule has 1 heterocycles. The maximum Gasteiger partial charge on any atom is 0.264 e. The summed E-state index contributed by atoms with van der Waals surface area (Å²) in [4.78, 5) is 13.8. The molecule has 0 fully saturated rings. The van der Waals surface area contributed by atoms with Crippen molar-refractivity contribution < 1.29 is 12.8 Å². The van der Waals surface area contributed by atoms with Crippen LogP contribution in [-0.4, -0.2) is 13.4 Å². The van der Waals surface area contributed by atoms with Crippen LogP contribution >= 0.6 is 0 Å². The first-order chi connectivity index (χ1) is 10.9. The maximum atomic E-state index is 13.7. The van der Waals surface area contributed by atoms with Crippen LogP contribution < -0.4 is 10.3 Å². The van der Waals surface area contributed by atoms with Crippen molar-refractivity contribution in [2.24, 2.45) is 0 Å². The Bertz CT molecular complexity index is 1060. The van der Waals surface area contributed by atoms with Crippen LogP contribution in [0.2, 0.25) is 0 Å². The lowest BCUT2D eigenvalue weighted by Gasteiger charge is -2.10. The maximum absolute atomic E-state index is 13.7. The monoisotopic (exact) mass is 332 g/mol. The lowest BCUT2D eigenvalue weighted by atomic mass is 10.1. The normalized spacial score (nSPS) is 11.6. The quantitative estimate of drug-likeness (QED) is 0.774. The standard InChI is InChI=1S/C16H13FN2O3S/c1-10-8-11-9-12(6-7-14(11)18-16(10)20)19-23(21,22)15-5-3-2-4-13(15)17/h2-9,19H,1H3,(H,18,20). The fraction of sp³-hybridized carbons (Fsp3) is 0.0625. The van der Waals surface area contributed by atoms with Crippen LogP contribution in [0.3, 0.4) is 0 Å². The Morgan fingerprint density at radius 2 is 1.83 bits per heavy atom. The largest absolute Gasteiger partial charge is 0.322 e. The van der Waals surface area contributed by atoms with Gasteiger partial charge in [-0.05, 0) is 43.3 Å². The molecule has 2 aromatic carbocycles. The second-order valence-corrected chi connectivity index (χ2v) is 6.77. The summed E-state index contributed by atoms with van der Waals surface area (Å²) >= 11 is 0. The number of pyridine rings is 1. The molecule has 0 aliphatic rings. The van der Waals surface area contributed by atoms with Crippen LogP contribution in [0.1, 0.15) is 5.56 Å².